The number of hydrogen-bond donors (Lipinski definition) is 3. The van der Waals surface area contributed by atoms with Crippen molar-refractivity contribution in [2.45, 2.75) is 50.8 Å². The molecule has 0 bridgehead atoms. The Bertz CT molecular complexity index is 1280. The first-order valence-corrected chi connectivity index (χ1v) is 11.7. The number of carbonyl (C=O) groups is 1. The molecule has 1 aromatic heterocycles. The van der Waals surface area contributed by atoms with E-state index in [1.807, 2.05) is 25.1 Å². The van der Waals surface area contributed by atoms with Crippen LogP contribution in [0.4, 0.5) is 0 Å². The van der Waals surface area contributed by atoms with Crippen LogP contribution in [0.2, 0.25) is 0 Å². The molecule has 1 heterocycles. The number of aromatic amines is 1. The van der Waals surface area contributed by atoms with Crippen LogP contribution in [0.3, 0.4) is 0 Å². The highest BCUT2D eigenvalue weighted by atomic mass is 32.2. The number of benzene rings is 2. The predicted octanol–water partition coefficient (Wildman–Crippen LogP) is 1.61. The standard InChI is InChI=1S/C22H27N3O6S/c1-14-9-10-17(13-15(14)2)32(29,30)24-20(16(3)26)21(27)31-12-6-11-25-19-8-5-4-7-18(19)23-22(25)28/h4-5,7-10,13,16,20,24,26H,6,11-12H2,1-3H3,(H,23,28)/t16-,20-/m0/s1. The number of nitrogens with zero attached hydrogens (tertiary/aromatic N) is 1. The van der Waals surface area contributed by atoms with Gasteiger partial charge in [-0.2, -0.15) is 4.72 Å². The molecule has 0 aliphatic heterocycles. The highest BCUT2D eigenvalue weighted by molar-refractivity contribution is 7.89. The van der Waals surface area contributed by atoms with Crippen molar-refractivity contribution >= 4 is 27.0 Å². The number of carbonyl (C=O) groups excluding carboxylic acids is 1. The summed E-state index contributed by atoms with van der Waals surface area (Å²) < 4.78 is 34.3. The van der Waals surface area contributed by atoms with Crippen LogP contribution in [0, 0.1) is 13.8 Å². The summed E-state index contributed by atoms with van der Waals surface area (Å²) in [6.07, 6.45) is -0.968. The average molecular weight is 462 g/mol. The third-order valence-electron chi connectivity index (χ3n) is 5.26. The lowest BCUT2D eigenvalue weighted by Gasteiger charge is -2.20. The Hall–Kier alpha value is -2.95. The van der Waals surface area contributed by atoms with Crippen LogP contribution in [0.25, 0.3) is 11.0 Å². The summed E-state index contributed by atoms with van der Waals surface area (Å²) in [7, 11) is -4.05. The van der Waals surface area contributed by atoms with E-state index in [0.29, 0.717) is 18.5 Å². The van der Waals surface area contributed by atoms with Crippen LogP contribution in [0.5, 0.6) is 0 Å². The van der Waals surface area contributed by atoms with Gasteiger partial charge in [0.15, 0.2) is 0 Å². The van der Waals surface area contributed by atoms with E-state index >= 15 is 0 Å². The summed E-state index contributed by atoms with van der Waals surface area (Å²) in [5, 5.41) is 9.98. The van der Waals surface area contributed by atoms with E-state index in [1.54, 1.807) is 19.1 Å². The van der Waals surface area contributed by atoms with Gasteiger partial charge in [0.25, 0.3) is 0 Å². The Kier molecular flexibility index (Phi) is 7.17. The molecule has 2 aromatic carbocycles. The zero-order valence-corrected chi connectivity index (χ0v) is 19.0. The lowest BCUT2D eigenvalue weighted by molar-refractivity contribution is -0.148. The van der Waals surface area contributed by atoms with Crippen molar-refractivity contribution in [1.29, 1.82) is 0 Å². The monoisotopic (exact) mass is 461 g/mol. The molecule has 0 fully saturated rings. The highest BCUT2D eigenvalue weighted by Crippen LogP contribution is 2.16. The van der Waals surface area contributed by atoms with Crippen LogP contribution >= 0.6 is 0 Å². The largest absolute Gasteiger partial charge is 0.464 e. The molecular formula is C22H27N3O6S. The molecule has 3 rings (SSSR count). The number of imidazole rings is 1. The summed E-state index contributed by atoms with van der Waals surface area (Å²) >= 11 is 0. The maximum absolute atomic E-state index is 12.7. The van der Waals surface area contributed by atoms with Gasteiger partial charge in [-0.15, -0.1) is 0 Å². The Balaban J connectivity index is 1.62. The van der Waals surface area contributed by atoms with Crippen molar-refractivity contribution in [3.63, 3.8) is 0 Å². The molecule has 3 N–H and O–H groups in total. The minimum Gasteiger partial charge on any atom is -0.464 e. The van der Waals surface area contributed by atoms with Crippen molar-refractivity contribution < 1.29 is 23.1 Å². The molecule has 9 nitrogen and oxygen atoms in total. The number of aliphatic hydroxyl groups is 1. The van der Waals surface area contributed by atoms with Crippen molar-refractivity contribution in [3.05, 3.63) is 64.1 Å². The van der Waals surface area contributed by atoms with E-state index < -0.39 is 28.1 Å². The zero-order chi connectivity index (χ0) is 23.5. The zero-order valence-electron chi connectivity index (χ0n) is 18.2. The van der Waals surface area contributed by atoms with E-state index in [9.17, 15) is 23.1 Å². The number of nitrogens with one attached hydrogen (secondary N) is 2. The van der Waals surface area contributed by atoms with Gasteiger partial charge in [0.1, 0.15) is 6.04 Å². The van der Waals surface area contributed by atoms with Gasteiger partial charge in [0.2, 0.25) is 10.0 Å². The van der Waals surface area contributed by atoms with Crippen LogP contribution in [-0.4, -0.2) is 47.8 Å². The lowest BCUT2D eigenvalue weighted by Crippen LogP contribution is -2.48. The topological polar surface area (TPSA) is 130 Å². The number of para-hydroxylation sites is 2. The van der Waals surface area contributed by atoms with Crippen LogP contribution in [0.15, 0.2) is 52.2 Å². The molecule has 0 spiro atoms. The fourth-order valence-electron chi connectivity index (χ4n) is 3.27. The second-order valence-electron chi connectivity index (χ2n) is 7.71. The number of rotatable bonds is 9. The Labute approximate surface area is 186 Å². The number of aryl methyl sites for hydroxylation is 3. The number of H-pyrrole nitrogens is 1. The highest BCUT2D eigenvalue weighted by Gasteiger charge is 2.31. The van der Waals surface area contributed by atoms with Gasteiger partial charge in [0.05, 0.1) is 28.6 Å². The van der Waals surface area contributed by atoms with Gasteiger partial charge < -0.3 is 14.8 Å². The van der Waals surface area contributed by atoms with Crippen molar-refractivity contribution in [3.8, 4) is 0 Å². The van der Waals surface area contributed by atoms with Crippen LogP contribution < -0.4 is 10.4 Å². The molecule has 3 aromatic rings. The summed E-state index contributed by atoms with van der Waals surface area (Å²) in [4.78, 5) is 27.3. The minimum atomic E-state index is -4.05. The Morgan fingerprint density at radius 3 is 2.59 bits per heavy atom. The molecule has 2 atom stereocenters. The predicted molar refractivity (Wildman–Crippen MR) is 120 cm³/mol. The average Bonchev–Trinajstić information content (AvgIpc) is 3.06. The molecule has 0 radical (unpaired) electrons. The van der Waals surface area contributed by atoms with Crippen molar-refractivity contribution in [2.75, 3.05) is 6.61 Å². The van der Waals surface area contributed by atoms with E-state index in [-0.39, 0.29) is 17.2 Å². The molecular weight excluding hydrogens is 434 g/mol. The fraction of sp³-hybridized carbons (Fsp3) is 0.364. The van der Waals surface area contributed by atoms with Crippen LogP contribution in [-0.2, 0) is 26.1 Å². The molecule has 0 saturated heterocycles. The normalized spacial score (nSPS) is 13.8. The Morgan fingerprint density at radius 1 is 1.19 bits per heavy atom. The molecule has 0 unspecified atom stereocenters. The second-order valence-corrected chi connectivity index (χ2v) is 9.42. The summed E-state index contributed by atoms with van der Waals surface area (Å²) in [6.45, 7) is 5.22. The lowest BCUT2D eigenvalue weighted by atomic mass is 10.1. The van der Waals surface area contributed by atoms with Gasteiger partial charge in [-0.1, -0.05) is 18.2 Å². The Morgan fingerprint density at radius 2 is 1.91 bits per heavy atom. The molecule has 172 valence electrons. The van der Waals surface area contributed by atoms with Crippen molar-refractivity contribution in [1.82, 2.24) is 14.3 Å². The molecule has 0 amide bonds. The minimum absolute atomic E-state index is 0.00207. The number of aliphatic hydroxyl groups excluding tert-OH is 1. The fourth-order valence-corrected chi connectivity index (χ4v) is 4.62. The first-order valence-electron chi connectivity index (χ1n) is 10.2. The van der Waals surface area contributed by atoms with E-state index in [2.05, 4.69) is 9.71 Å². The van der Waals surface area contributed by atoms with E-state index in [0.717, 1.165) is 16.6 Å². The first-order chi connectivity index (χ1) is 15.1. The third-order valence-corrected chi connectivity index (χ3v) is 6.70. The van der Waals surface area contributed by atoms with Gasteiger partial charge in [-0.05, 0) is 62.6 Å². The quantitative estimate of drug-likeness (QED) is 0.328. The second kappa shape index (κ2) is 9.68. The van der Waals surface area contributed by atoms with Crippen molar-refractivity contribution in [2.24, 2.45) is 0 Å². The number of ether oxygens (including phenoxy) is 1. The number of sulfonamides is 1. The summed E-state index contributed by atoms with van der Waals surface area (Å²) in [5.41, 5.74) is 2.91. The third kappa shape index (κ3) is 5.26. The number of hydrogen-bond acceptors (Lipinski definition) is 6. The number of fused-ring (bicyclic) bond motifs is 1. The van der Waals surface area contributed by atoms with Gasteiger partial charge in [-0.3, -0.25) is 9.36 Å². The number of esters is 1. The molecule has 0 aliphatic rings. The SMILES string of the molecule is Cc1ccc(S(=O)(=O)N[C@H](C(=O)OCCCn2c(=O)[nH]c3ccccc32)[C@H](C)O)cc1C. The molecule has 0 aliphatic carbocycles. The summed E-state index contributed by atoms with van der Waals surface area (Å²) in [5.74, 6) is -0.890. The molecule has 10 heteroatoms. The number of aromatic nitrogens is 2. The van der Waals surface area contributed by atoms with Gasteiger partial charge in [-0.25, -0.2) is 13.2 Å². The van der Waals surface area contributed by atoms with Gasteiger partial charge in [0, 0.05) is 6.54 Å². The molecule has 32 heavy (non-hydrogen) atoms. The van der Waals surface area contributed by atoms with E-state index in [1.165, 1.54) is 23.6 Å². The van der Waals surface area contributed by atoms with Crippen LogP contribution in [0.1, 0.15) is 24.5 Å². The summed E-state index contributed by atoms with van der Waals surface area (Å²) in [6, 6.07) is 10.4. The maximum Gasteiger partial charge on any atom is 0.326 e. The first kappa shape index (κ1) is 23.7. The maximum atomic E-state index is 12.7. The van der Waals surface area contributed by atoms with Gasteiger partial charge >= 0.3 is 11.7 Å². The van der Waals surface area contributed by atoms with E-state index in [4.69, 9.17) is 4.74 Å². The molecule has 0 saturated carbocycles. The smallest absolute Gasteiger partial charge is 0.326 e.